The first-order chi connectivity index (χ1) is 12.4. The first-order valence-corrected chi connectivity index (χ1v) is 10.1. The maximum atomic E-state index is 12.5. The largest absolute Gasteiger partial charge is 0.495 e. The first kappa shape index (κ1) is 18.2. The van der Waals surface area contributed by atoms with Crippen molar-refractivity contribution in [2.75, 3.05) is 29.2 Å². The Hall–Kier alpha value is -2.61. The van der Waals surface area contributed by atoms with Gasteiger partial charge in [0.2, 0.25) is 0 Å². The summed E-state index contributed by atoms with van der Waals surface area (Å²) >= 11 is 0. The van der Waals surface area contributed by atoms with Gasteiger partial charge in [0.05, 0.1) is 24.3 Å². The summed E-state index contributed by atoms with van der Waals surface area (Å²) in [5.74, 6) is 0.499. The lowest BCUT2D eigenvalue weighted by Gasteiger charge is -2.14. The third-order valence-corrected chi connectivity index (χ3v) is 5.97. The molecule has 8 heteroatoms. The monoisotopic (exact) mass is 375 g/mol. The summed E-state index contributed by atoms with van der Waals surface area (Å²) < 4.78 is 28.4. The van der Waals surface area contributed by atoms with E-state index in [-0.39, 0.29) is 29.1 Å². The van der Waals surface area contributed by atoms with Crippen LogP contribution in [-0.4, -0.2) is 44.0 Å². The van der Waals surface area contributed by atoms with Crippen molar-refractivity contribution in [3.05, 3.63) is 47.8 Å². The molecule has 1 atom stereocenters. The molecule has 1 unspecified atom stereocenters. The zero-order valence-electron chi connectivity index (χ0n) is 14.7. The molecule has 0 spiro atoms. The third kappa shape index (κ3) is 4.32. The summed E-state index contributed by atoms with van der Waals surface area (Å²) in [7, 11) is -1.43. The Bertz CT molecular complexity index is 928. The Morgan fingerprint density at radius 1 is 1.27 bits per heavy atom. The van der Waals surface area contributed by atoms with Crippen molar-refractivity contribution in [1.82, 2.24) is 4.98 Å². The van der Waals surface area contributed by atoms with Crippen LogP contribution in [0.15, 0.2) is 36.5 Å². The summed E-state index contributed by atoms with van der Waals surface area (Å²) in [5.41, 5.74) is 2.47. The minimum absolute atomic E-state index is 0.108. The number of rotatable bonds is 5. The van der Waals surface area contributed by atoms with Crippen molar-refractivity contribution >= 4 is 27.1 Å². The molecule has 2 aromatic rings. The van der Waals surface area contributed by atoms with E-state index < -0.39 is 9.84 Å². The second-order valence-corrected chi connectivity index (χ2v) is 8.56. The number of pyridine rings is 1. The minimum atomic E-state index is -2.97. The molecule has 2 heterocycles. The molecular formula is C18H21N3O4S. The number of sulfone groups is 1. The Morgan fingerprint density at radius 3 is 2.77 bits per heavy atom. The number of hydrogen-bond acceptors (Lipinski definition) is 6. The molecule has 7 nitrogen and oxygen atoms in total. The van der Waals surface area contributed by atoms with Crippen LogP contribution in [-0.2, 0) is 9.84 Å². The summed E-state index contributed by atoms with van der Waals surface area (Å²) in [6, 6.07) is 8.69. The lowest BCUT2D eigenvalue weighted by molar-refractivity contribution is 0.102. The lowest BCUT2D eigenvalue weighted by Crippen LogP contribution is -2.21. The van der Waals surface area contributed by atoms with Gasteiger partial charge in [0.25, 0.3) is 5.91 Å². The van der Waals surface area contributed by atoms with E-state index >= 15 is 0 Å². The second-order valence-electron chi connectivity index (χ2n) is 6.33. The fourth-order valence-electron chi connectivity index (χ4n) is 2.89. The van der Waals surface area contributed by atoms with Crippen molar-refractivity contribution in [1.29, 1.82) is 0 Å². The number of methoxy groups -OCH3 is 1. The molecule has 1 aliphatic heterocycles. The highest BCUT2D eigenvalue weighted by atomic mass is 32.2. The van der Waals surface area contributed by atoms with Crippen LogP contribution in [0.25, 0.3) is 0 Å². The Balaban J connectivity index is 1.73. The number of nitrogens with one attached hydrogen (secondary N) is 2. The molecule has 1 aromatic carbocycles. The normalized spacial score (nSPS) is 18.3. The maximum absolute atomic E-state index is 12.5. The van der Waals surface area contributed by atoms with Crippen molar-refractivity contribution in [2.45, 2.75) is 19.4 Å². The van der Waals surface area contributed by atoms with Gasteiger partial charge in [0.1, 0.15) is 11.4 Å². The number of benzene rings is 1. The molecule has 1 amide bonds. The van der Waals surface area contributed by atoms with E-state index in [0.717, 1.165) is 5.56 Å². The third-order valence-electron chi connectivity index (χ3n) is 4.20. The van der Waals surface area contributed by atoms with Crippen molar-refractivity contribution in [3.8, 4) is 5.75 Å². The summed E-state index contributed by atoms with van der Waals surface area (Å²) in [4.78, 5) is 16.6. The maximum Gasteiger partial charge on any atom is 0.274 e. The number of aromatic nitrogens is 1. The predicted octanol–water partition coefficient (Wildman–Crippen LogP) is 2.25. The van der Waals surface area contributed by atoms with Crippen LogP contribution in [0.1, 0.15) is 22.5 Å². The average Bonchev–Trinajstić information content (AvgIpc) is 2.94. The van der Waals surface area contributed by atoms with Crippen LogP contribution >= 0.6 is 0 Å². The van der Waals surface area contributed by atoms with E-state index in [1.165, 1.54) is 6.20 Å². The van der Waals surface area contributed by atoms with Crippen LogP contribution in [0.5, 0.6) is 5.75 Å². The summed E-state index contributed by atoms with van der Waals surface area (Å²) in [6.07, 6.45) is 2.08. The molecule has 1 aliphatic rings. The van der Waals surface area contributed by atoms with E-state index in [2.05, 4.69) is 15.6 Å². The standard InChI is InChI=1S/C18H21N3O4S/c1-12-3-4-17(25-2)15(9-12)21-18(22)16-10-13(5-7-19-16)20-14-6-8-26(23,24)11-14/h3-5,7,9-10,14H,6,8,11H2,1-2H3,(H,19,20)(H,21,22). The van der Waals surface area contributed by atoms with Crippen molar-refractivity contribution in [3.63, 3.8) is 0 Å². The quantitative estimate of drug-likeness (QED) is 0.832. The molecule has 1 aromatic heterocycles. The van der Waals surface area contributed by atoms with Gasteiger partial charge in [-0.1, -0.05) is 6.07 Å². The molecule has 1 saturated heterocycles. The second kappa shape index (κ2) is 7.33. The average molecular weight is 375 g/mol. The van der Waals surface area contributed by atoms with E-state index in [1.54, 1.807) is 25.3 Å². The zero-order valence-corrected chi connectivity index (χ0v) is 15.5. The van der Waals surface area contributed by atoms with Gasteiger partial charge < -0.3 is 15.4 Å². The number of carbonyl (C=O) groups excluding carboxylic acids is 1. The molecule has 2 N–H and O–H groups in total. The smallest absolute Gasteiger partial charge is 0.274 e. The Labute approximate surface area is 152 Å². The van der Waals surface area contributed by atoms with Gasteiger partial charge in [-0.25, -0.2) is 8.42 Å². The molecule has 1 fully saturated rings. The molecule has 138 valence electrons. The highest BCUT2D eigenvalue weighted by molar-refractivity contribution is 7.91. The van der Waals surface area contributed by atoms with Gasteiger partial charge >= 0.3 is 0 Å². The van der Waals surface area contributed by atoms with Crippen molar-refractivity contribution < 1.29 is 17.9 Å². The van der Waals surface area contributed by atoms with Gasteiger partial charge in [0, 0.05) is 17.9 Å². The van der Waals surface area contributed by atoms with E-state index in [4.69, 9.17) is 4.74 Å². The Morgan fingerprint density at radius 2 is 2.08 bits per heavy atom. The highest BCUT2D eigenvalue weighted by Gasteiger charge is 2.27. The van der Waals surface area contributed by atoms with E-state index in [0.29, 0.717) is 23.5 Å². The molecule has 3 rings (SSSR count). The van der Waals surface area contributed by atoms with Crippen LogP contribution in [0.2, 0.25) is 0 Å². The summed E-state index contributed by atoms with van der Waals surface area (Å²) in [6.45, 7) is 1.92. The van der Waals surface area contributed by atoms with Gasteiger partial charge in [-0.15, -0.1) is 0 Å². The topological polar surface area (TPSA) is 97.4 Å². The number of hydrogen-bond donors (Lipinski definition) is 2. The molecule has 0 aliphatic carbocycles. The Kier molecular flexibility index (Phi) is 5.13. The number of carbonyl (C=O) groups is 1. The van der Waals surface area contributed by atoms with E-state index in [9.17, 15) is 13.2 Å². The van der Waals surface area contributed by atoms with Gasteiger partial charge in [-0.3, -0.25) is 9.78 Å². The number of anilines is 2. The summed E-state index contributed by atoms with van der Waals surface area (Å²) in [5, 5.41) is 5.97. The predicted molar refractivity (Wildman–Crippen MR) is 101 cm³/mol. The molecular weight excluding hydrogens is 354 g/mol. The molecule has 0 radical (unpaired) electrons. The number of ether oxygens (including phenoxy) is 1. The van der Waals surface area contributed by atoms with Crippen LogP contribution in [0, 0.1) is 6.92 Å². The van der Waals surface area contributed by atoms with Crippen LogP contribution in [0.3, 0.4) is 0 Å². The lowest BCUT2D eigenvalue weighted by atomic mass is 10.2. The SMILES string of the molecule is COc1ccc(C)cc1NC(=O)c1cc(NC2CCS(=O)(=O)C2)ccn1. The van der Waals surface area contributed by atoms with Gasteiger partial charge in [0.15, 0.2) is 9.84 Å². The number of amides is 1. The molecule has 0 saturated carbocycles. The van der Waals surface area contributed by atoms with Gasteiger partial charge in [-0.2, -0.15) is 0 Å². The zero-order chi connectivity index (χ0) is 18.7. The highest BCUT2D eigenvalue weighted by Crippen LogP contribution is 2.26. The molecule has 26 heavy (non-hydrogen) atoms. The number of nitrogens with zero attached hydrogens (tertiary/aromatic N) is 1. The first-order valence-electron chi connectivity index (χ1n) is 8.25. The van der Waals surface area contributed by atoms with E-state index in [1.807, 2.05) is 19.1 Å². The van der Waals surface area contributed by atoms with Crippen LogP contribution < -0.4 is 15.4 Å². The molecule has 0 bridgehead atoms. The minimum Gasteiger partial charge on any atom is -0.495 e. The van der Waals surface area contributed by atoms with Gasteiger partial charge in [-0.05, 0) is 43.2 Å². The van der Waals surface area contributed by atoms with Crippen molar-refractivity contribution in [2.24, 2.45) is 0 Å². The fraction of sp³-hybridized carbons (Fsp3) is 0.333. The fourth-order valence-corrected chi connectivity index (χ4v) is 4.57. The number of aryl methyl sites for hydroxylation is 1. The van der Waals surface area contributed by atoms with Crippen LogP contribution in [0.4, 0.5) is 11.4 Å².